The van der Waals surface area contributed by atoms with Crippen molar-refractivity contribution in [3.63, 3.8) is 0 Å². The van der Waals surface area contributed by atoms with Crippen LogP contribution in [0.1, 0.15) is 36.3 Å². The van der Waals surface area contributed by atoms with Crippen LogP contribution in [0.25, 0.3) is 0 Å². The van der Waals surface area contributed by atoms with E-state index in [0.29, 0.717) is 12.8 Å². The van der Waals surface area contributed by atoms with Gasteiger partial charge in [0.2, 0.25) is 0 Å². The summed E-state index contributed by atoms with van der Waals surface area (Å²) in [5, 5.41) is 23.4. The third-order valence-corrected chi connectivity index (χ3v) is 8.15. The summed E-state index contributed by atoms with van der Waals surface area (Å²) in [6.07, 6.45) is -3.50. The quantitative estimate of drug-likeness (QED) is 0.273. The zero-order valence-electron chi connectivity index (χ0n) is 19.9. The van der Waals surface area contributed by atoms with Crippen molar-refractivity contribution in [1.29, 1.82) is 5.26 Å². The first-order chi connectivity index (χ1) is 18.4. The van der Waals surface area contributed by atoms with E-state index in [1.165, 1.54) is 18.2 Å². The van der Waals surface area contributed by atoms with Crippen LogP contribution in [0, 0.1) is 34.8 Å². The average molecular weight is 591 g/mol. The monoisotopic (exact) mass is 590 g/mol. The molecular weight excluding hydrogens is 570 g/mol. The van der Waals surface area contributed by atoms with Gasteiger partial charge >= 0.3 is 18.1 Å². The zero-order chi connectivity index (χ0) is 28.7. The largest absolute Gasteiger partial charge is 0.491 e. The van der Waals surface area contributed by atoms with Crippen LogP contribution in [0.15, 0.2) is 36.4 Å². The third kappa shape index (κ3) is 5.11. The molecule has 1 saturated heterocycles. The highest BCUT2D eigenvalue weighted by atomic mass is 35.5. The van der Waals surface area contributed by atoms with E-state index in [2.05, 4.69) is 10.1 Å². The van der Waals surface area contributed by atoms with Gasteiger partial charge in [0.15, 0.2) is 0 Å². The molecule has 208 valence electrons. The van der Waals surface area contributed by atoms with Crippen molar-refractivity contribution in [2.24, 2.45) is 11.8 Å². The molecule has 1 saturated carbocycles. The molecule has 1 aliphatic heterocycles. The van der Waals surface area contributed by atoms with Gasteiger partial charge in [-0.1, -0.05) is 60.7 Å². The number of aliphatic hydroxyl groups is 1. The SMILES string of the molecule is N#C[C@]1(c2ccc(Cl)cc2F)[C@H](C(CO)C2CCC2)N[C@@H](C(=O)OC(=O)C(F)(F)F)[C@@H]1c1cccc(Cl)c1F. The number of hydrogen-bond acceptors (Lipinski definition) is 6. The molecule has 13 heteroatoms. The van der Waals surface area contributed by atoms with Gasteiger partial charge in [-0.15, -0.1) is 0 Å². The number of ether oxygens (including phenoxy) is 1. The maximum Gasteiger partial charge on any atom is 0.491 e. The summed E-state index contributed by atoms with van der Waals surface area (Å²) in [6.45, 7) is -0.547. The number of carbonyl (C=O) groups is 2. The van der Waals surface area contributed by atoms with E-state index in [4.69, 9.17) is 23.2 Å². The fourth-order valence-electron chi connectivity index (χ4n) is 5.70. The molecule has 0 bridgehead atoms. The molecule has 0 aromatic heterocycles. The summed E-state index contributed by atoms with van der Waals surface area (Å²) in [7, 11) is 0. The molecule has 1 unspecified atom stereocenters. The van der Waals surface area contributed by atoms with E-state index in [9.17, 15) is 33.1 Å². The number of nitrogens with zero attached hydrogens (tertiary/aromatic N) is 1. The standard InChI is InChI=1S/C26H21Cl2F5N2O4/c27-13-7-8-16(18(29)9-13)25(11-34)19(14-5-2-6-17(28)20(14)30)21(23(37)39-24(38)26(31,32)33)35-22(25)15(10-36)12-3-1-4-12/h2,5-9,12,15,19,21-22,35-36H,1,3-4,10H2/t15?,19-,21+,22-,25+/m0/s1. The summed E-state index contributed by atoms with van der Waals surface area (Å²) in [5.41, 5.74) is -2.94. The number of alkyl halides is 3. The molecule has 2 aliphatic rings. The van der Waals surface area contributed by atoms with Gasteiger partial charge in [-0.3, -0.25) is 5.32 Å². The normalized spacial score (nSPS) is 26.0. The van der Waals surface area contributed by atoms with Crippen LogP contribution >= 0.6 is 23.2 Å². The molecule has 2 aromatic carbocycles. The van der Waals surface area contributed by atoms with Crippen molar-refractivity contribution in [3.8, 4) is 6.07 Å². The Balaban J connectivity index is 2.00. The van der Waals surface area contributed by atoms with Gasteiger partial charge in [-0.2, -0.15) is 18.4 Å². The highest BCUT2D eigenvalue weighted by Crippen LogP contribution is 2.54. The van der Waals surface area contributed by atoms with Crippen molar-refractivity contribution in [3.05, 3.63) is 69.2 Å². The highest BCUT2D eigenvalue weighted by Gasteiger charge is 2.64. The number of rotatable bonds is 6. The number of carbonyl (C=O) groups excluding carboxylic acids is 2. The van der Waals surface area contributed by atoms with E-state index in [0.717, 1.165) is 24.6 Å². The molecule has 39 heavy (non-hydrogen) atoms. The Morgan fingerprint density at radius 2 is 1.90 bits per heavy atom. The first-order valence-corrected chi connectivity index (χ1v) is 12.6. The Labute approximate surface area is 229 Å². The predicted molar refractivity (Wildman–Crippen MR) is 129 cm³/mol. The van der Waals surface area contributed by atoms with Crippen LogP contribution in [0.5, 0.6) is 0 Å². The second-order valence-corrected chi connectivity index (χ2v) is 10.4. The van der Waals surface area contributed by atoms with Gasteiger partial charge in [0, 0.05) is 35.1 Å². The van der Waals surface area contributed by atoms with Crippen LogP contribution in [0.3, 0.4) is 0 Å². The van der Waals surface area contributed by atoms with E-state index < -0.39 is 76.3 Å². The number of aliphatic hydroxyl groups excluding tert-OH is 1. The topological polar surface area (TPSA) is 99.4 Å². The Morgan fingerprint density at radius 3 is 2.44 bits per heavy atom. The van der Waals surface area contributed by atoms with Crippen molar-refractivity contribution in [2.45, 2.75) is 48.9 Å². The Bertz CT molecular complexity index is 1330. The number of nitriles is 1. The van der Waals surface area contributed by atoms with Gasteiger partial charge < -0.3 is 9.84 Å². The molecule has 4 rings (SSSR count). The van der Waals surface area contributed by atoms with E-state index >= 15 is 8.78 Å². The van der Waals surface area contributed by atoms with E-state index in [1.54, 1.807) is 0 Å². The van der Waals surface area contributed by atoms with E-state index in [-0.39, 0.29) is 16.5 Å². The summed E-state index contributed by atoms with van der Waals surface area (Å²) in [5.74, 6) is -9.45. The molecule has 2 N–H and O–H groups in total. The lowest BCUT2D eigenvalue weighted by molar-refractivity contribution is -0.202. The number of nitrogens with one attached hydrogen (secondary N) is 1. The Hall–Kier alpha value is -2.78. The molecule has 5 atom stereocenters. The molecule has 0 radical (unpaired) electrons. The summed E-state index contributed by atoms with van der Waals surface area (Å²) in [6, 6.07) is 5.69. The smallest absolute Gasteiger partial charge is 0.396 e. The van der Waals surface area contributed by atoms with Gasteiger partial charge in [0.05, 0.1) is 11.1 Å². The molecule has 2 aromatic rings. The minimum absolute atomic E-state index is 0.0400. The average Bonchev–Trinajstić information content (AvgIpc) is 3.17. The molecule has 6 nitrogen and oxygen atoms in total. The number of benzene rings is 2. The second kappa shape index (κ2) is 11.0. The van der Waals surface area contributed by atoms with Gasteiger partial charge in [0.25, 0.3) is 0 Å². The summed E-state index contributed by atoms with van der Waals surface area (Å²) >= 11 is 11.9. The maximum atomic E-state index is 15.6. The summed E-state index contributed by atoms with van der Waals surface area (Å²) in [4.78, 5) is 24.7. The molecule has 2 fully saturated rings. The Morgan fingerprint density at radius 1 is 1.21 bits per heavy atom. The van der Waals surface area contributed by atoms with Crippen molar-refractivity contribution < 1.29 is 41.4 Å². The first kappa shape index (κ1) is 29.2. The highest BCUT2D eigenvalue weighted by molar-refractivity contribution is 6.31. The van der Waals surface area contributed by atoms with Crippen LogP contribution in [-0.4, -0.2) is 41.9 Å². The first-order valence-electron chi connectivity index (χ1n) is 11.9. The lowest BCUT2D eigenvalue weighted by atomic mass is 9.59. The van der Waals surface area contributed by atoms with Crippen LogP contribution < -0.4 is 5.32 Å². The number of esters is 2. The minimum Gasteiger partial charge on any atom is -0.396 e. The van der Waals surface area contributed by atoms with Crippen LogP contribution in [0.2, 0.25) is 10.0 Å². The summed E-state index contributed by atoms with van der Waals surface area (Å²) < 4.78 is 74.0. The molecule has 1 aliphatic carbocycles. The fourth-order valence-corrected chi connectivity index (χ4v) is 6.04. The molecule has 0 amide bonds. The van der Waals surface area contributed by atoms with Crippen LogP contribution in [-0.2, 0) is 19.7 Å². The molecule has 1 heterocycles. The number of hydrogen-bond donors (Lipinski definition) is 2. The van der Waals surface area contributed by atoms with Crippen molar-refractivity contribution >= 4 is 35.1 Å². The lowest BCUT2D eigenvalue weighted by Gasteiger charge is -2.43. The second-order valence-electron chi connectivity index (χ2n) is 9.59. The number of halogens is 7. The fraction of sp³-hybridized carbons (Fsp3) is 0.423. The van der Waals surface area contributed by atoms with Crippen molar-refractivity contribution in [2.75, 3.05) is 6.61 Å². The predicted octanol–water partition coefficient (Wildman–Crippen LogP) is 5.20. The lowest BCUT2D eigenvalue weighted by Crippen LogP contribution is -2.52. The van der Waals surface area contributed by atoms with Crippen LogP contribution in [0.4, 0.5) is 22.0 Å². The third-order valence-electron chi connectivity index (χ3n) is 7.62. The minimum atomic E-state index is -5.53. The van der Waals surface area contributed by atoms with Gasteiger partial charge in [-0.25, -0.2) is 18.4 Å². The zero-order valence-corrected chi connectivity index (χ0v) is 21.5. The Kier molecular flexibility index (Phi) is 8.24. The van der Waals surface area contributed by atoms with E-state index in [1.807, 2.05) is 6.07 Å². The van der Waals surface area contributed by atoms with Crippen molar-refractivity contribution in [1.82, 2.24) is 5.32 Å². The molecular formula is C26H21Cl2F5N2O4. The molecule has 0 spiro atoms. The van der Waals surface area contributed by atoms with Gasteiger partial charge in [0.1, 0.15) is 23.1 Å². The van der Waals surface area contributed by atoms with Gasteiger partial charge in [-0.05, 0) is 29.7 Å². The maximum absolute atomic E-state index is 15.6.